The van der Waals surface area contributed by atoms with Crippen LogP contribution in [0, 0.1) is 0 Å². The number of piperidine rings is 1. The SMILES string of the molecule is C=COCC.CCCC1CC2(CCN1)OCCO2. The predicted octanol–water partition coefficient (Wildman–Crippen LogP) is 2.45. The molecule has 0 amide bonds. The van der Waals surface area contributed by atoms with Gasteiger partial charge in [-0.15, -0.1) is 0 Å². The van der Waals surface area contributed by atoms with Gasteiger partial charge in [-0.1, -0.05) is 19.9 Å². The number of hydrogen-bond acceptors (Lipinski definition) is 4. The van der Waals surface area contributed by atoms with Crippen LogP contribution in [0.4, 0.5) is 0 Å². The quantitative estimate of drug-likeness (QED) is 0.785. The smallest absolute Gasteiger partial charge is 0.171 e. The average Bonchev–Trinajstić information content (AvgIpc) is 2.80. The van der Waals surface area contributed by atoms with Gasteiger partial charge in [0.05, 0.1) is 26.1 Å². The van der Waals surface area contributed by atoms with Gasteiger partial charge in [-0.05, 0) is 13.3 Å². The molecule has 0 aromatic heterocycles. The number of ether oxygens (including phenoxy) is 3. The van der Waals surface area contributed by atoms with E-state index in [9.17, 15) is 0 Å². The van der Waals surface area contributed by atoms with Gasteiger partial charge >= 0.3 is 0 Å². The summed E-state index contributed by atoms with van der Waals surface area (Å²) in [5.74, 6) is -0.217. The fourth-order valence-corrected chi connectivity index (χ4v) is 2.45. The van der Waals surface area contributed by atoms with Crippen LogP contribution in [0.3, 0.4) is 0 Å². The zero-order valence-electron chi connectivity index (χ0n) is 11.7. The minimum Gasteiger partial charge on any atom is -0.502 e. The van der Waals surface area contributed by atoms with Gasteiger partial charge in [0.25, 0.3) is 0 Å². The highest BCUT2D eigenvalue weighted by molar-refractivity contribution is 4.86. The first-order chi connectivity index (χ1) is 8.76. The lowest BCUT2D eigenvalue weighted by Crippen LogP contribution is -2.48. The molecule has 0 saturated carbocycles. The van der Waals surface area contributed by atoms with Crippen LogP contribution in [-0.4, -0.2) is 38.2 Å². The molecule has 1 N–H and O–H groups in total. The summed E-state index contributed by atoms with van der Waals surface area (Å²) in [6.07, 6.45) is 5.93. The molecule has 2 heterocycles. The number of rotatable bonds is 4. The molecule has 0 bridgehead atoms. The van der Waals surface area contributed by atoms with Crippen LogP contribution in [0.2, 0.25) is 0 Å². The third kappa shape index (κ3) is 4.96. The van der Waals surface area contributed by atoms with Crippen molar-refractivity contribution in [2.24, 2.45) is 0 Å². The maximum atomic E-state index is 5.70. The molecule has 1 unspecified atom stereocenters. The summed E-state index contributed by atoms with van der Waals surface area (Å²) in [7, 11) is 0. The van der Waals surface area contributed by atoms with Crippen LogP contribution in [0.25, 0.3) is 0 Å². The van der Waals surface area contributed by atoms with Crippen LogP contribution in [0.1, 0.15) is 39.5 Å². The third-order valence-electron chi connectivity index (χ3n) is 3.23. The second-order valence-electron chi connectivity index (χ2n) is 4.62. The van der Waals surface area contributed by atoms with Crippen LogP contribution >= 0.6 is 0 Å². The minimum atomic E-state index is -0.217. The van der Waals surface area contributed by atoms with Crippen molar-refractivity contribution in [2.75, 3.05) is 26.4 Å². The Balaban J connectivity index is 0.000000280. The van der Waals surface area contributed by atoms with Crippen molar-refractivity contribution >= 4 is 0 Å². The van der Waals surface area contributed by atoms with E-state index in [4.69, 9.17) is 9.47 Å². The second-order valence-corrected chi connectivity index (χ2v) is 4.62. The summed E-state index contributed by atoms with van der Waals surface area (Å²) in [4.78, 5) is 0. The highest BCUT2D eigenvalue weighted by Gasteiger charge is 2.40. The molecule has 4 nitrogen and oxygen atoms in total. The van der Waals surface area contributed by atoms with Gasteiger partial charge in [0, 0.05) is 25.4 Å². The maximum absolute atomic E-state index is 5.70. The molecule has 2 saturated heterocycles. The molecule has 0 aliphatic carbocycles. The van der Waals surface area contributed by atoms with E-state index in [0.717, 1.165) is 39.2 Å². The van der Waals surface area contributed by atoms with Crippen LogP contribution in [0.5, 0.6) is 0 Å². The third-order valence-corrected chi connectivity index (χ3v) is 3.23. The lowest BCUT2D eigenvalue weighted by Gasteiger charge is -2.36. The van der Waals surface area contributed by atoms with Crippen LogP contribution in [-0.2, 0) is 14.2 Å². The van der Waals surface area contributed by atoms with Crippen LogP contribution in [0.15, 0.2) is 12.8 Å². The summed E-state index contributed by atoms with van der Waals surface area (Å²) in [5.41, 5.74) is 0. The monoisotopic (exact) mass is 257 g/mol. The molecule has 2 aliphatic heterocycles. The van der Waals surface area contributed by atoms with E-state index in [-0.39, 0.29) is 5.79 Å². The highest BCUT2D eigenvalue weighted by Crippen LogP contribution is 2.32. The Morgan fingerprint density at radius 3 is 2.61 bits per heavy atom. The summed E-state index contributed by atoms with van der Waals surface area (Å²) in [6, 6.07) is 0.594. The molecule has 0 radical (unpaired) electrons. The van der Waals surface area contributed by atoms with E-state index >= 15 is 0 Å². The summed E-state index contributed by atoms with van der Waals surface area (Å²) in [6.45, 7) is 10.8. The molecule has 106 valence electrons. The second kappa shape index (κ2) is 8.51. The van der Waals surface area contributed by atoms with Gasteiger partial charge in [-0.25, -0.2) is 0 Å². The van der Waals surface area contributed by atoms with Gasteiger partial charge in [0.15, 0.2) is 5.79 Å². The summed E-state index contributed by atoms with van der Waals surface area (Å²) < 4.78 is 16.0. The minimum absolute atomic E-state index is 0.217. The van der Waals surface area contributed by atoms with Gasteiger partial charge in [-0.3, -0.25) is 0 Å². The van der Waals surface area contributed by atoms with E-state index in [1.165, 1.54) is 19.1 Å². The van der Waals surface area contributed by atoms with Crippen molar-refractivity contribution < 1.29 is 14.2 Å². The zero-order valence-corrected chi connectivity index (χ0v) is 11.7. The highest BCUT2D eigenvalue weighted by atomic mass is 16.7. The van der Waals surface area contributed by atoms with Crippen LogP contribution < -0.4 is 5.32 Å². The molecule has 2 fully saturated rings. The fourth-order valence-electron chi connectivity index (χ4n) is 2.45. The van der Waals surface area contributed by atoms with Crippen molar-refractivity contribution in [3.63, 3.8) is 0 Å². The van der Waals surface area contributed by atoms with E-state index in [1.807, 2.05) is 6.92 Å². The number of nitrogens with one attached hydrogen (secondary N) is 1. The van der Waals surface area contributed by atoms with Crippen molar-refractivity contribution in [2.45, 2.75) is 51.4 Å². The fraction of sp³-hybridized carbons (Fsp3) is 0.857. The largest absolute Gasteiger partial charge is 0.502 e. The Bertz CT molecular complexity index is 225. The topological polar surface area (TPSA) is 39.7 Å². The zero-order chi connectivity index (χ0) is 13.3. The first-order valence-corrected chi connectivity index (χ1v) is 7.00. The molecule has 2 rings (SSSR count). The average molecular weight is 257 g/mol. The molecule has 4 heteroatoms. The predicted molar refractivity (Wildman–Crippen MR) is 72.4 cm³/mol. The van der Waals surface area contributed by atoms with Gasteiger partial charge < -0.3 is 19.5 Å². The summed E-state index contributed by atoms with van der Waals surface area (Å²) >= 11 is 0. The van der Waals surface area contributed by atoms with Crippen molar-refractivity contribution in [1.29, 1.82) is 0 Å². The molecule has 2 aliphatic rings. The Morgan fingerprint density at radius 2 is 2.11 bits per heavy atom. The normalized spacial score (nSPS) is 25.3. The molecule has 0 aromatic rings. The molecule has 1 atom stereocenters. The Labute approximate surface area is 111 Å². The first-order valence-electron chi connectivity index (χ1n) is 7.00. The molecule has 18 heavy (non-hydrogen) atoms. The molecular formula is C14H27NO3. The first kappa shape index (κ1) is 15.5. The van der Waals surface area contributed by atoms with E-state index < -0.39 is 0 Å². The lowest BCUT2D eigenvalue weighted by atomic mass is 9.95. The van der Waals surface area contributed by atoms with Crippen molar-refractivity contribution in [3.05, 3.63) is 12.8 Å². The molecule has 1 spiro atoms. The Hall–Kier alpha value is -0.580. The van der Waals surface area contributed by atoms with Gasteiger partial charge in [0.2, 0.25) is 0 Å². The molecule has 0 aromatic carbocycles. The van der Waals surface area contributed by atoms with Crippen molar-refractivity contribution in [3.8, 4) is 0 Å². The van der Waals surface area contributed by atoms with Crippen molar-refractivity contribution in [1.82, 2.24) is 5.32 Å². The Morgan fingerprint density at radius 1 is 1.39 bits per heavy atom. The Kier molecular flexibility index (Phi) is 7.32. The summed E-state index contributed by atoms with van der Waals surface area (Å²) in [5, 5.41) is 3.51. The van der Waals surface area contributed by atoms with Gasteiger partial charge in [-0.2, -0.15) is 0 Å². The lowest BCUT2D eigenvalue weighted by molar-refractivity contribution is -0.180. The molecular weight excluding hydrogens is 230 g/mol. The standard InChI is InChI=1S/C10H19NO2.C4H8O/c1-2-3-9-8-10(4-5-11-9)12-6-7-13-10;1-3-5-4-2/h9,11H,2-8H2,1H3;3H,1,4H2,2H3. The maximum Gasteiger partial charge on any atom is 0.171 e. The number of hydrogen-bond donors (Lipinski definition) is 1. The van der Waals surface area contributed by atoms with E-state index in [2.05, 4.69) is 23.6 Å². The van der Waals surface area contributed by atoms with E-state index in [1.54, 1.807) is 0 Å². The van der Waals surface area contributed by atoms with Gasteiger partial charge in [0.1, 0.15) is 0 Å². The van der Waals surface area contributed by atoms with E-state index in [0.29, 0.717) is 6.04 Å².